The van der Waals surface area contributed by atoms with E-state index >= 15 is 0 Å². The van der Waals surface area contributed by atoms with Crippen molar-refractivity contribution in [2.45, 2.75) is 65.6 Å². The number of nitriles is 2. The zero-order chi connectivity index (χ0) is 45.1. The van der Waals surface area contributed by atoms with Gasteiger partial charge in [-0.1, -0.05) is 73.4 Å². The summed E-state index contributed by atoms with van der Waals surface area (Å²) in [5, 5.41) is 49.3. The highest BCUT2D eigenvalue weighted by Gasteiger charge is 2.27. The van der Waals surface area contributed by atoms with Crippen LogP contribution in [0.3, 0.4) is 0 Å². The lowest BCUT2D eigenvalue weighted by molar-refractivity contribution is -0.145. The number of aliphatic hydroxyl groups is 2. The fourth-order valence-corrected chi connectivity index (χ4v) is 6.60. The highest BCUT2D eigenvalue weighted by atomic mass is 35.5. The first kappa shape index (κ1) is 52.4. The molecule has 0 aliphatic rings. The Morgan fingerprint density at radius 3 is 1.44 bits per heavy atom. The lowest BCUT2D eigenvalue weighted by Crippen LogP contribution is -2.40. The smallest absolute Gasteiger partial charge is 0.309 e. The van der Waals surface area contributed by atoms with Crippen LogP contribution in [0.2, 0.25) is 10.0 Å². The standard InChI is InChI=1S/C23H22ClN3O3.C14H16ClNO3.C8H6N2O.H3N/c1-4-18-17(9-10-20(26-3)22(18)24)11-19(14(2)28)23(30)27-13-21(29)16-7-5-15(12-25)6-8-16;1-4-10-9(5-6-12(16-3)13(10)15)7-11(8(2)17)14(18)19;9-5-6-1-3-7(4-2-6)8(10)11;/h5-10,14,19,28H,4,11,13H2,1-2H3,(H,27,30);5-6,8,11,17H,4,7H2,1-2H3,(H,18,19);1-4H,(H2,10,11);1H3/t14-,19-;8-,11-;;/m11../s1. The third kappa shape index (κ3) is 15.2. The van der Waals surface area contributed by atoms with Crippen LogP contribution in [0.5, 0.6) is 0 Å². The van der Waals surface area contributed by atoms with Crippen LogP contribution in [0.15, 0.2) is 72.8 Å². The Hall–Kier alpha value is -6.62. The topological polar surface area (TPSA) is 258 Å². The summed E-state index contributed by atoms with van der Waals surface area (Å²) in [6.07, 6.45) is -0.253. The van der Waals surface area contributed by atoms with Crippen LogP contribution in [-0.4, -0.2) is 57.6 Å². The van der Waals surface area contributed by atoms with Crippen LogP contribution in [0, 0.1) is 47.6 Å². The normalized spacial score (nSPS) is 11.9. The van der Waals surface area contributed by atoms with E-state index in [2.05, 4.69) is 15.0 Å². The minimum absolute atomic E-state index is 0. The molecule has 4 aromatic rings. The first-order valence-electron chi connectivity index (χ1n) is 18.5. The number of ketones is 1. The third-order valence-corrected chi connectivity index (χ3v) is 10.2. The third-order valence-electron chi connectivity index (χ3n) is 9.34. The van der Waals surface area contributed by atoms with E-state index in [-0.39, 0.29) is 31.3 Å². The molecule has 318 valence electrons. The van der Waals surface area contributed by atoms with E-state index in [0.717, 1.165) is 22.3 Å². The minimum Gasteiger partial charge on any atom is -0.481 e. The van der Waals surface area contributed by atoms with Gasteiger partial charge in [-0.25, -0.2) is 9.69 Å². The number of aliphatic hydroxyl groups excluding tert-OH is 2. The fraction of sp³-hybridized carbons (Fsp3) is 0.289. The van der Waals surface area contributed by atoms with Crippen molar-refractivity contribution in [1.29, 1.82) is 10.5 Å². The molecule has 16 heteroatoms. The van der Waals surface area contributed by atoms with Gasteiger partial charge in [0.2, 0.25) is 23.2 Å². The Kier molecular flexibility index (Phi) is 22.1. The number of halogens is 2. The molecule has 0 aliphatic carbocycles. The number of aliphatic carboxylic acids is 1. The van der Waals surface area contributed by atoms with Crippen molar-refractivity contribution in [1.82, 2.24) is 11.5 Å². The second-order valence-electron chi connectivity index (χ2n) is 13.3. The van der Waals surface area contributed by atoms with Crippen LogP contribution in [-0.2, 0) is 35.3 Å². The molecule has 0 aromatic heterocycles. The van der Waals surface area contributed by atoms with E-state index in [9.17, 15) is 29.4 Å². The van der Waals surface area contributed by atoms with Gasteiger partial charge < -0.3 is 32.5 Å². The van der Waals surface area contributed by atoms with Crippen molar-refractivity contribution < 1.29 is 34.5 Å². The molecule has 0 spiro atoms. The van der Waals surface area contributed by atoms with Crippen LogP contribution >= 0.6 is 23.2 Å². The second-order valence-corrected chi connectivity index (χ2v) is 14.1. The number of carbonyl (C=O) groups excluding carboxylic acids is 3. The monoisotopic (exact) mass is 867 g/mol. The average Bonchev–Trinajstić information content (AvgIpc) is 3.23. The summed E-state index contributed by atoms with van der Waals surface area (Å²) in [6.45, 7) is 20.8. The molecule has 0 fully saturated rings. The number of Topliss-reactive ketones (excluding diaryl/α,β-unsaturated/α-hetero) is 1. The van der Waals surface area contributed by atoms with Crippen LogP contribution in [0.4, 0.5) is 11.4 Å². The second kappa shape index (κ2) is 25.8. The van der Waals surface area contributed by atoms with Crippen molar-refractivity contribution >= 4 is 58.1 Å². The number of nitrogens with zero attached hydrogens (tertiary/aromatic N) is 4. The number of carboxylic acid groups (broad SMARTS) is 1. The van der Waals surface area contributed by atoms with Gasteiger partial charge in [0.25, 0.3) is 0 Å². The molecule has 4 atom stereocenters. The van der Waals surface area contributed by atoms with Gasteiger partial charge in [0.15, 0.2) is 5.78 Å². The van der Waals surface area contributed by atoms with E-state index in [1.165, 1.54) is 50.2 Å². The summed E-state index contributed by atoms with van der Waals surface area (Å²) < 4.78 is 0. The van der Waals surface area contributed by atoms with Crippen LogP contribution in [0.1, 0.15) is 81.8 Å². The molecular weight excluding hydrogens is 821 g/mol. The van der Waals surface area contributed by atoms with Crippen molar-refractivity contribution in [3.05, 3.63) is 150 Å². The number of nitrogens with two attached hydrogens (primary N) is 1. The molecule has 0 aliphatic heterocycles. The number of rotatable bonds is 14. The van der Waals surface area contributed by atoms with Crippen molar-refractivity contribution in [2.75, 3.05) is 6.54 Å². The maximum Gasteiger partial charge on any atom is 0.309 e. The fourth-order valence-electron chi connectivity index (χ4n) is 5.88. The highest BCUT2D eigenvalue weighted by Crippen LogP contribution is 2.34. The SMILES string of the molecule is N.N#Cc1ccc(C(N)=O)cc1.[C-]#[N+]c1ccc(C[C@@H](C(=O)NCC(=O)c2ccc(C#N)cc2)[C@@H](C)O)c(CC)c1Cl.[C-]#[N+]c1ccc(C[C@@H](C(=O)O)[C@@H](C)O)c(CC)c1Cl. The number of nitrogens with one attached hydrogen (secondary N) is 1. The van der Waals surface area contributed by atoms with Gasteiger partial charge in [-0.05, 0) is 98.2 Å². The average molecular weight is 869 g/mol. The Balaban J connectivity index is 0.000000510. The molecule has 0 saturated heterocycles. The number of primary amides is 1. The molecule has 0 bridgehead atoms. The molecule has 2 amide bonds. The minimum atomic E-state index is -1.04. The number of carbonyl (C=O) groups is 4. The predicted molar refractivity (Wildman–Crippen MR) is 233 cm³/mol. The molecule has 0 heterocycles. The summed E-state index contributed by atoms with van der Waals surface area (Å²) in [5.41, 5.74) is 10.6. The maximum absolute atomic E-state index is 12.7. The molecule has 0 unspecified atom stereocenters. The predicted octanol–water partition coefficient (Wildman–Crippen LogP) is 7.76. The van der Waals surface area contributed by atoms with Crippen LogP contribution in [0.25, 0.3) is 9.69 Å². The summed E-state index contributed by atoms with van der Waals surface area (Å²) in [5.74, 6) is -3.91. The number of benzene rings is 4. The first-order valence-corrected chi connectivity index (χ1v) is 19.3. The summed E-state index contributed by atoms with van der Waals surface area (Å²) in [6, 6.07) is 22.9. The van der Waals surface area contributed by atoms with E-state index < -0.39 is 41.8 Å². The first-order chi connectivity index (χ1) is 28.5. The van der Waals surface area contributed by atoms with E-state index in [1.807, 2.05) is 26.0 Å². The molecule has 0 radical (unpaired) electrons. The van der Waals surface area contributed by atoms with Gasteiger partial charge in [0.05, 0.1) is 77.0 Å². The molecular formula is C45H47Cl2N7O7. The zero-order valence-electron chi connectivity index (χ0n) is 34.1. The number of hydrogen-bond donors (Lipinski definition) is 6. The molecule has 14 nitrogen and oxygen atoms in total. The molecule has 4 aromatic carbocycles. The van der Waals surface area contributed by atoms with Gasteiger partial charge in [-0.2, -0.15) is 10.5 Å². The number of carboxylic acids is 1. The Morgan fingerprint density at radius 1 is 0.721 bits per heavy atom. The summed E-state index contributed by atoms with van der Waals surface area (Å²) >= 11 is 12.4. The highest BCUT2D eigenvalue weighted by molar-refractivity contribution is 6.34. The molecule has 9 N–H and O–H groups in total. The van der Waals surface area contributed by atoms with Crippen molar-refractivity contribution in [3.8, 4) is 12.1 Å². The van der Waals surface area contributed by atoms with E-state index in [0.29, 0.717) is 56.5 Å². The van der Waals surface area contributed by atoms with E-state index in [1.54, 1.807) is 36.4 Å². The van der Waals surface area contributed by atoms with Gasteiger partial charge in [0.1, 0.15) is 0 Å². The number of amides is 2. The Morgan fingerprint density at radius 2 is 1.11 bits per heavy atom. The lowest BCUT2D eigenvalue weighted by Gasteiger charge is -2.21. The van der Waals surface area contributed by atoms with Gasteiger partial charge in [0, 0.05) is 11.1 Å². The molecule has 61 heavy (non-hydrogen) atoms. The van der Waals surface area contributed by atoms with Gasteiger partial charge in [-0.15, -0.1) is 0 Å². The zero-order valence-corrected chi connectivity index (χ0v) is 35.6. The summed E-state index contributed by atoms with van der Waals surface area (Å²) in [4.78, 5) is 53.4. The van der Waals surface area contributed by atoms with E-state index in [4.69, 9.17) is 57.7 Å². The molecule has 4 rings (SSSR count). The van der Waals surface area contributed by atoms with Crippen molar-refractivity contribution in [2.24, 2.45) is 17.6 Å². The largest absolute Gasteiger partial charge is 0.481 e. The van der Waals surface area contributed by atoms with Gasteiger partial charge in [-0.3, -0.25) is 19.2 Å². The Labute approximate surface area is 365 Å². The number of hydrogen-bond acceptors (Lipinski definition) is 9. The Bertz CT molecular complexity index is 2340. The van der Waals surface area contributed by atoms with Gasteiger partial charge >= 0.3 is 5.97 Å². The van der Waals surface area contributed by atoms with Crippen molar-refractivity contribution in [3.63, 3.8) is 0 Å². The lowest BCUT2D eigenvalue weighted by atomic mass is 9.90. The summed E-state index contributed by atoms with van der Waals surface area (Å²) in [7, 11) is 0. The van der Waals surface area contributed by atoms with Crippen LogP contribution < -0.4 is 17.2 Å². The maximum atomic E-state index is 12.7. The quantitative estimate of drug-likeness (QED) is 0.0530. The molecule has 0 saturated carbocycles.